The van der Waals surface area contributed by atoms with E-state index in [0.717, 1.165) is 5.57 Å². The van der Waals surface area contributed by atoms with Crippen molar-refractivity contribution in [3.63, 3.8) is 0 Å². The highest BCUT2D eigenvalue weighted by Crippen LogP contribution is 2.02. The van der Waals surface area contributed by atoms with E-state index in [1.165, 1.54) is 13.2 Å². The number of hydrogen-bond donors (Lipinski definition) is 1. The zero-order chi connectivity index (χ0) is 9.40. The number of esters is 1. The SMILES string of the molecule is COC(=O)/C=C/C(=C\SC)CN. The van der Waals surface area contributed by atoms with Gasteiger partial charge in [0, 0.05) is 12.6 Å². The predicted octanol–water partition coefficient (Wildman–Crippen LogP) is 0.921. The number of thioether (sulfide) groups is 1. The summed E-state index contributed by atoms with van der Waals surface area (Å²) < 4.78 is 4.42. The molecule has 0 radical (unpaired) electrons. The van der Waals surface area contributed by atoms with E-state index in [0.29, 0.717) is 6.54 Å². The molecule has 0 bridgehead atoms. The molecule has 0 aliphatic carbocycles. The fourth-order valence-corrected chi connectivity index (χ4v) is 1.03. The standard InChI is InChI=1S/C8H13NO2S/c1-11-8(10)4-3-7(5-9)6-12-2/h3-4,6H,5,9H2,1-2H3/b4-3+,7-6+. The molecule has 0 rings (SSSR count). The molecule has 0 saturated heterocycles. The van der Waals surface area contributed by atoms with Crippen molar-refractivity contribution in [3.05, 3.63) is 23.1 Å². The smallest absolute Gasteiger partial charge is 0.330 e. The topological polar surface area (TPSA) is 52.3 Å². The Labute approximate surface area is 76.7 Å². The number of hydrogen-bond acceptors (Lipinski definition) is 4. The van der Waals surface area contributed by atoms with E-state index in [2.05, 4.69) is 4.74 Å². The summed E-state index contributed by atoms with van der Waals surface area (Å²) in [6.07, 6.45) is 4.94. The lowest BCUT2D eigenvalue weighted by Crippen LogP contribution is -2.01. The Balaban J connectivity index is 4.10. The van der Waals surface area contributed by atoms with Crippen LogP contribution in [0.1, 0.15) is 0 Å². The first-order valence-corrected chi connectivity index (χ1v) is 4.71. The summed E-state index contributed by atoms with van der Waals surface area (Å²) in [5.41, 5.74) is 6.31. The van der Waals surface area contributed by atoms with Gasteiger partial charge in [0.2, 0.25) is 0 Å². The van der Waals surface area contributed by atoms with Crippen LogP contribution in [0.4, 0.5) is 0 Å². The lowest BCUT2D eigenvalue weighted by molar-refractivity contribution is -0.134. The van der Waals surface area contributed by atoms with Crippen LogP contribution in [-0.4, -0.2) is 25.9 Å². The lowest BCUT2D eigenvalue weighted by atomic mass is 10.3. The van der Waals surface area contributed by atoms with Gasteiger partial charge in [-0.1, -0.05) is 6.08 Å². The molecule has 3 nitrogen and oxygen atoms in total. The van der Waals surface area contributed by atoms with E-state index >= 15 is 0 Å². The van der Waals surface area contributed by atoms with Crippen molar-refractivity contribution in [3.8, 4) is 0 Å². The molecule has 0 spiro atoms. The third-order valence-electron chi connectivity index (χ3n) is 1.14. The zero-order valence-electron chi connectivity index (χ0n) is 7.24. The van der Waals surface area contributed by atoms with Crippen LogP contribution in [0.15, 0.2) is 23.1 Å². The maximum absolute atomic E-state index is 10.7. The van der Waals surface area contributed by atoms with Crippen LogP contribution in [0.3, 0.4) is 0 Å². The molecule has 0 aromatic rings. The van der Waals surface area contributed by atoms with Crippen molar-refractivity contribution in [1.29, 1.82) is 0 Å². The second kappa shape index (κ2) is 6.94. The molecule has 0 aliphatic heterocycles. The van der Waals surface area contributed by atoms with E-state index in [1.54, 1.807) is 17.8 Å². The minimum atomic E-state index is -0.365. The van der Waals surface area contributed by atoms with Crippen LogP contribution in [0, 0.1) is 0 Å². The second-order valence-electron chi connectivity index (χ2n) is 1.99. The summed E-state index contributed by atoms with van der Waals surface area (Å²) in [6.45, 7) is 0.425. The average molecular weight is 187 g/mol. The summed E-state index contributed by atoms with van der Waals surface area (Å²) in [4.78, 5) is 10.7. The molecular formula is C8H13NO2S. The number of methoxy groups -OCH3 is 1. The third kappa shape index (κ3) is 4.98. The molecule has 4 heteroatoms. The van der Waals surface area contributed by atoms with Gasteiger partial charge in [0.05, 0.1) is 7.11 Å². The highest BCUT2D eigenvalue weighted by atomic mass is 32.2. The third-order valence-corrected chi connectivity index (χ3v) is 1.68. The molecule has 0 heterocycles. The first-order valence-electron chi connectivity index (χ1n) is 3.42. The van der Waals surface area contributed by atoms with Gasteiger partial charge in [-0.2, -0.15) is 0 Å². The van der Waals surface area contributed by atoms with Gasteiger partial charge < -0.3 is 10.5 Å². The Morgan fingerprint density at radius 1 is 1.58 bits per heavy atom. The normalized spacial score (nSPS) is 12.1. The molecule has 0 fully saturated rings. The van der Waals surface area contributed by atoms with Crippen molar-refractivity contribution < 1.29 is 9.53 Å². The molecule has 0 saturated carbocycles. The zero-order valence-corrected chi connectivity index (χ0v) is 8.06. The average Bonchev–Trinajstić information content (AvgIpc) is 2.11. The summed E-state index contributed by atoms with van der Waals surface area (Å²) in [5.74, 6) is -0.365. The Morgan fingerprint density at radius 3 is 2.67 bits per heavy atom. The van der Waals surface area contributed by atoms with Crippen LogP contribution in [-0.2, 0) is 9.53 Å². The van der Waals surface area contributed by atoms with E-state index in [1.807, 2.05) is 11.7 Å². The van der Waals surface area contributed by atoms with Crippen LogP contribution >= 0.6 is 11.8 Å². The first-order chi connectivity index (χ1) is 5.74. The Morgan fingerprint density at radius 2 is 2.25 bits per heavy atom. The number of rotatable bonds is 4. The molecule has 0 unspecified atom stereocenters. The molecule has 68 valence electrons. The summed E-state index contributed by atoms with van der Waals surface area (Å²) in [7, 11) is 1.34. The van der Waals surface area contributed by atoms with Crippen molar-refractivity contribution in [2.75, 3.05) is 19.9 Å². The van der Waals surface area contributed by atoms with Crippen LogP contribution in [0.2, 0.25) is 0 Å². The largest absolute Gasteiger partial charge is 0.466 e. The Hall–Kier alpha value is -0.740. The van der Waals surface area contributed by atoms with Crippen LogP contribution in [0.5, 0.6) is 0 Å². The number of ether oxygens (including phenoxy) is 1. The van der Waals surface area contributed by atoms with Gasteiger partial charge >= 0.3 is 5.97 Å². The predicted molar refractivity (Wildman–Crippen MR) is 51.8 cm³/mol. The molecular weight excluding hydrogens is 174 g/mol. The highest BCUT2D eigenvalue weighted by molar-refractivity contribution is 8.01. The molecule has 12 heavy (non-hydrogen) atoms. The maximum atomic E-state index is 10.7. The van der Waals surface area contributed by atoms with Crippen LogP contribution in [0.25, 0.3) is 0 Å². The van der Waals surface area contributed by atoms with E-state index in [-0.39, 0.29) is 5.97 Å². The van der Waals surface area contributed by atoms with Gasteiger partial charge in [-0.3, -0.25) is 0 Å². The molecule has 0 aromatic carbocycles. The second-order valence-corrected chi connectivity index (χ2v) is 2.70. The molecule has 2 N–H and O–H groups in total. The molecule has 0 amide bonds. The maximum Gasteiger partial charge on any atom is 0.330 e. The summed E-state index contributed by atoms with van der Waals surface area (Å²) >= 11 is 1.55. The highest BCUT2D eigenvalue weighted by Gasteiger charge is 1.92. The molecule has 0 aliphatic rings. The molecule has 0 aromatic heterocycles. The first kappa shape index (κ1) is 11.3. The van der Waals surface area contributed by atoms with Crippen molar-refractivity contribution in [1.82, 2.24) is 0 Å². The monoisotopic (exact) mass is 187 g/mol. The lowest BCUT2D eigenvalue weighted by Gasteiger charge is -1.94. The van der Waals surface area contributed by atoms with Crippen molar-refractivity contribution in [2.45, 2.75) is 0 Å². The fourth-order valence-electron chi connectivity index (χ4n) is 0.550. The summed E-state index contributed by atoms with van der Waals surface area (Å²) in [5, 5.41) is 1.89. The minimum absolute atomic E-state index is 0.365. The Kier molecular flexibility index (Phi) is 6.51. The van der Waals surface area contributed by atoms with Gasteiger partial charge in [-0.15, -0.1) is 11.8 Å². The van der Waals surface area contributed by atoms with Gasteiger partial charge in [-0.25, -0.2) is 4.79 Å². The number of nitrogens with two attached hydrogens (primary N) is 1. The van der Waals surface area contributed by atoms with Crippen LogP contribution < -0.4 is 5.73 Å². The fraction of sp³-hybridized carbons (Fsp3) is 0.375. The summed E-state index contributed by atoms with van der Waals surface area (Å²) in [6, 6.07) is 0. The van der Waals surface area contributed by atoms with E-state index in [9.17, 15) is 4.79 Å². The van der Waals surface area contributed by atoms with Gasteiger partial charge in [0.15, 0.2) is 0 Å². The van der Waals surface area contributed by atoms with Crippen molar-refractivity contribution in [2.24, 2.45) is 5.73 Å². The van der Waals surface area contributed by atoms with Crippen molar-refractivity contribution >= 4 is 17.7 Å². The van der Waals surface area contributed by atoms with Gasteiger partial charge in [-0.05, 0) is 17.2 Å². The number of carbonyl (C=O) groups excluding carboxylic acids is 1. The quantitative estimate of drug-likeness (QED) is 0.404. The molecule has 0 atom stereocenters. The van der Waals surface area contributed by atoms with E-state index in [4.69, 9.17) is 5.73 Å². The number of carbonyl (C=O) groups is 1. The van der Waals surface area contributed by atoms with Gasteiger partial charge in [0.1, 0.15) is 0 Å². The van der Waals surface area contributed by atoms with E-state index < -0.39 is 0 Å². The minimum Gasteiger partial charge on any atom is -0.466 e. The Bertz CT molecular complexity index is 199. The van der Waals surface area contributed by atoms with Gasteiger partial charge in [0.25, 0.3) is 0 Å².